The van der Waals surface area contributed by atoms with Gasteiger partial charge in [0.25, 0.3) is 0 Å². The molecular formula is C4H14N2O. The van der Waals surface area contributed by atoms with Crippen molar-refractivity contribution in [3.05, 3.63) is 0 Å². The van der Waals surface area contributed by atoms with E-state index >= 15 is 0 Å². The predicted octanol–water partition coefficient (Wildman–Crippen LogP) is -0.0499. The molecule has 0 aliphatic carbocycles. The van der Waals surface area contributed by atoms with E-state index in [0.29, 0.717) is 0 Å². The van der Waals surface area contributed by atoms with Crippen LogP contribution in [0.4, 0.5) is 0 Å². The first kappa shape index (κ1) is 9.99. The first-order chi connectivity index (χ1) is 3.41. The maximum absolute atomic E-state index is 6.50. The Labute approximate surface area is 44.5 Å². The van der Waals surface area contributed by atoms with Crippen molar-refractivity contribution in [2.45, 2.75) is 13.8 Å². The summed E-state index contributed by atoms with van der Waals surface area (Å²) in [6.07, 6.45) is 0. The van der Waals surface area contributed by atoms with Crippen LogP contribution in [0.3, 0.4) is 0 Å². The van der Waals surface area contributed by atoms with Crippen molar-refractivity contribution in [1.29, 1.82) is 0 Å². The van der Waals surface area contributed by atoms with Crippen LogP contribution in [0.1, 0.15) is 13.8 Å². The number of rotatable bonds is 2. The molecular weight excluding hydrogens is 92.1 g/mol. The zero-order valence-electron chi connectivity index (χ0n) is 4.94. The van der Waals surface area contributed by atoms with Gasteiger partial charge in [0.05, 0.1) is 0 Å². The fraction of sp³-hybridized carbons (Fsp3) is 1.00. The summed E-state index contributed by atoms with van der Waals surface area (Å²) >= 11 is 0. The van der Waals surface area contributed by atoms with Crippen LogP contribution in [0.2, 0.25) is 0 Å². The Morgan fingerprint density at radius 3 is 1.57 bits per heavy atom. The van der Waals surface area contributed by atoms with Gasteiger partial charge in [-0.1, -0.05) is 13.8 Å². The molecule has 46 valence electrons. The number of hydrogen-bond acceptors (Lipinski definition) is 3. The van der Waals surface area contributed by atoms with Crippen LogP contribution in [-0.4, -0.2) is 18.3 Å². The maximum atomic E-state index is 6.50. The van der Waals surface area contributed by atoms with Crippen molar-refractivity contribution in [3.63, 3.8) is 0 Å². The molecule has 0 bridgehead atoms. The van der Waals surface area contributed by atoms with E-state index in [1.165, 1.54) is 0 Å². The Morgan fingerprint density at radius 1 is 1.29 bits per heavy atom. The molecule has 0 aromatic carbocycles. The maximum Gasteiger partial charge on any atom is -0.00775 e. The second-order valence-corrected chi connectivity index (χ2v) is 0.957. The average molecular weight is 106 g/mol. The summed E-state index contributed by atoms with van der Waals surface area (Å²) in [5.41, 5.74) is 0. The van der Waals surface area contributed by atoms with Crippen molar-refractivity contribution in [2.24, 2.45) is 5.90 Å². The Hall–Kier alpha value is -0.120. The van der Waals surface area contributed by atoms with Gasteiger partial charge in [0.15, 0.2) is 0 Å². The molecule has 0 aliphatic rings. The lowest BCUT2D eigenvalue weighted by atomic mass is 10.7. The first-order valence-electron chi connectivity index (χ1n) is 2.38. The highest BCUT2D eigenvalue weighted by Gasteiger charge is 1.62. The highest BCUT2D eigenvalue weighted by atomic mass is 16.4. The SMILES string of the molecule is CCNCC.NO. The molecule has 0 amide bonds. The zero-order valence-corrected chi connectivity index (χ0v) is 4.94. The highest BCUT2D eigenvalue weighted by molar-refractivity contribution is 4.27. The average Bonchev–Trinajstić information content (AvgIpc) is 1.75. The van der Waals surface area contributed by atoms with Gasteiger partial charge in [0.2, 0.25) is 0 Å². The van der Waals surface area contributed by atoms with Gasteiger partial charge in [-0.15, -0.1) is 0 Å². The van der Waals surface area contributed by atoms with Crippen molar-refractivity contribution in [1.82, 2.24) is 5.32 Å². The van der Waals surface area contributed by atoms with Gasteiger partial charge in [0.1, 0.15) is 0 Å². The predicted molar refractivity (Wildman–Crippen MR) is 30.2 cm³/mol. The lowest BCUT2D eigenvalue weighted by Crippen LogP contribution is -2.09. The fourth-order valence-corrected chi connectivity index (χ4v) is 0.250. The molecule has 3 heteroatoms. The minimum absolute atomic E-state index is 1.09. The summed E-state index contributed by atoms with van der Waals surface area (Å²) in [5.74, 6) is 3.50. The summed E-state index contributed by atoms with van der Waals surface area (Å²) in [6, 6.07) is 0. The second kappa shape index (κ2) is 16.9. The fourth-order valence-electron chi connectivity index (χ4n) is 0.250. The summed E-state index contributed by atoms with van der Waals surface area (Å²) in [4.78, 5) is 0. The lowest BCUT2D eigenvalue weighted by molar-refractivity contribution is 0.311. The second-order valence-electron chi connectivity index (χ2n) is 0.957. The van der Waals surface area contributed by atoms with Gasteiger partial charge in [-0.25, -0.2) is 5.90 Å². The van der Waals surface area contributed by atoms with E-state index in [1.807, 2.05) is 0 Å². The summed E-state index contributed by atoms with van der Waals surface area (Å²) in [6.45, 7) is 6.39. The van der Waals surface area contributed by atoms with Crippen LogP contribution < -0.4 is 11.2 Å². The van der Waals surface area contributed by atoms with E-state index in [4.69, 9.17) is 5.21 Å². The standard InChI is InChI=1S/C4H11N.H3NO/c1-3-5-4-2;1-2/h5H,3-4H2,1-2H3;2H,1H2. The normalized spacial score (nSPS) is 6.86. The first-order valence-corrected chi connectivity index (χ1v) is 2.38. The van der Waals surface area contributed by atoms with E-state index < -0.39 is 0 Å². The molecule has 0 radical (unpaired) electrons. The molecule has 0 atom stereocenters. The zero-order chi connectivity index (χ0) is 6.12. The molecule has 0 saturated heterocycles. The molecule has 4 N–H and O–H groups in total. The van der Waals surface area contributed by atoms with Crippen LogP contribution in [0.25, 0.3) is 0 Å². The minimum atomic E-state index is 1.09. The van der Waals surface area contributed by atoms with Crippen LogP contribution in [0.5, 0.6) is 0 Å². The Balaban J connectivity index is 0. The quantitative estimate of drug-likeness (QED) is 0.432. The van der Waals surface area contributed by atoms with Gasteiger partial charge in [-0.05, 0) is 13.1 Å². The van der Waals surface area contributed by atoms with Gasteiger partial charge >= 0.3 is 0 Å². The molecule has 0 aromatic heterocycles. The molecule has 0 aromatic rings. The third kappa shape index (κ3) is 25.0. The van der Waals surface area contributed by atoms with Gasteiger partial charge in [-0.3, -0.25) is 0 Å². The van der Waals surface area contributed by atoms with E-state index in [-0.39, 0.29) is 0 Å². The van der Waals surface area contributed by atoms with Crippen molar-refractivity contribution >= 4 is 0 Å². The Kier molecular flexibility index (Phi) is 24.1. The minimum Gasteiger partial charge on any atom is -0.320 e. The third-order valence-corrected chi connectivity index (χ3v) is 0.500. The smallest absolute Gasteiger partial charge is 0.00775 e. The molecule has 0 spiro atoms. The van der Waals surface area contributed by atoms with Crippen LogP contribution in [-0.2, 0) is 0 Å². The molecule has 0 heterocycles. The molecule has 0 unspecified atom stereocenters. The van der Waals surface area contributed by atoms with Crippen molar-refractivity contribution in [3.8, 4) is 0 Å². The summed E-state index contributed by atoms with van der Waals surface area (Å²) in [7, 11) is 0. The number of nitrogens with one attached hydrogen (secondary N) is 1. The van der Waals surface area contributed by atoms with E-state index in [2.05, 4.69) is 25.1 Å². The topological polar surface area (TPSA) is 58.3 Å². The number of hydrogen-bond donors (Lipinski definition) is 3. The van der Waals surface area contributed by atoms with Crippen molar-refractivity contribution < 1.29 is 5.21 Å². The molecule has 7 heavy (non-hydrogen) atoms. The van der Waals surface area contributed by atoms with Crippen LogP contribution in [0, 0.1) is 0 Å². The molecule has 0 saturated carbocycles. The molecule has 0 aliphatic heterocycles. The number of nitrogens with two attached hydrogens (primary N) is 1. The lowest BCUT2D eigenvalue weighted by Gasteiger charge is -1.86. The van der Waals surface area contributed by atoms with Gasteiger partial charge in [0, 0.05) is 0 Å². The Bertz CT molecular complexity index is 17.2. The third-order valence-electron chi connectivity index (χ3n) is 0.500. The van der Waals surface area contributed by atoms with Gasteiger partial charge < -0.3 is 10.5 Å². The molecule has 0 rings (SSSR count). The van der Waals surface area contributed by atoms with Gasteiger partial charge in [-0.2, -0.15) is 0 Å². The largest absolute Gasteiger partial charge is 0.320 e. The monoisotopic (exact) mass is 106 g/mol. The van der Waals surface area contributed by atoms with Crippen molar-refractivity contribution in [2.75, 3.05) is 13.1 Å². The highest BCUT2D eigenvalue weighted by Crippen LogP contribution is 1.47. The van der Waals surface area contributed by atoms with E-state index in [1.54, 1.807) is 0 Å². The molecule has 3 nitrogen and oxygen atoms in total. The summed E-state index contributed by atoms with van der Waals surface area (Å²) in [5, 5.41) is 9.61. The van der Waals surface area contributed by atoms with E-state index in [9.17, 15) is 0 Å². The molecule has 0 fully saturated rings. The van der Waals surface area contributed by atoms with Crippen LogP contribution >= 0.6 is 0 Å². The van der Waals surface area contributed by atoms with Crippen LogP contribution in [0.15, 0.2) is 0 Å². The Morgan fingerprint density at radius 2 is 1.57 bits per heavy atom. The van der Waals surface area contributed by atoms with E-state index in [0.717, 1.165) is 13.1 Å². The summed E-state index contributed by atoms with van der Waals surface area (Å²) < 4.78 is 0.